The predicted octanol–water partition coefficient (Wildman–Crippen LogP) is 3.19. The van der Waals surface area contributed by atoms with Gasteiger partial charge in [-0.15, -0.1) is 0 Å². The Labute approximate surface area is 104 Å². The van der Waals surface area contributed by atoms with Crippen LogP contribution in [0.15, 0.2) is 23.5 Å². The fraction of sp³-hybridized carbons (Fsp3) is 0.267. The van der Waals surface area contributed by atoms with Crippen molar-refractivity contribution in [1.82, 2.24) is 4.98 Å². The number of halogens is 1. The molecule has 0 saturated carbocycles. The highest BCUT2D eigenvalue weighted by Gasteiger charge is 2.20. The van der Waals surface area contributed by atoms with Crippen molar-refractivity contribution < 1.29 is 4.39 Å². The summed E-state index contributed by atoms with van der Waals surface area (Å²) in [5, 5.41) is 0.838. The second-order valence-electron chi connectivity index (χ2n) is 4.89. The van der Waals surface area contributed by atoms with Crippen LogP contribution >= 0.6 is 0 Å². The Bertz CT molecular complexity index is 727. The lowest BCUT2D eigenvalue weighted by atomic mass is 10.0. The average molecular weight is 243 g/mol. The molecule has 0 atom stereocenters. The van der Waals surface area contributed by atoms with Crippen molar-refractivity contribution in [2.45, 2.75) is 26.2 Å². The van der Waals surface area contributed by atoms with Gasteiger partial charge in [0.15, 0.2) is 5.82 Å². The van der Waals surface area contributed by atoms with E-state index >= 15 is 0 Å². The maximum atomic E-state index is 14.3. The van der Waals surface area contributed by atoms with Gasteiger partial charge < -0.3 is 4.98 Å². The standard InChI is InChI=1S/C15H14FNO/c1-8(2)9-6-7-11-10-4-3-5-12(10)15(18)17-14(11)13(9)16/h6-7H,1,3-5H2,2H3,(H,17,18). The third kappa shape index (κ3) is 1.43. The van der Waals surface area contributed by atoms with E-state index < -0.39 is 0 Å². The molecule has 3 rings (SSSR count). The lowest BCUT2D eigenvalue weighted by Crippen LogP contribution is -2.13. The van der Waals surface area contributed by atoms with Gasteiger partial charge >= 0.3 is 0 Å². The molecule has 0 saturated heterocycles. The Hall–Kier alpha value is -1.90. The summed E-state index contributed by atoms with van der Waals surface area (Å²) in [6, 6.07) is 3.64. The minimum absolute atomic E-state index is 0.146. The maximum Gasteiger partial charge on any atom is 0.251 e. The van der Waals surface area contributed by atoms with Gasteiger partial charge in [0.25, 0.3) is 5.56 Å². The van der Waals surface area contributed by atoms with Gasteiger partial charge in [0.2, 0.25) is 0 Å². The van der Waals surface area contributed by atoms with Crippen LogP contribution in [-0.2, 0) is 12.8 Å². The molecular weight excluding hydrogens is 229 g/mol. The Balaban J connectivity index is 2.45. The van der Waals surface area contributed by atoms with Crippen LogP contribution in [0.25, 0.3) is 16.5 Å². The van der Waals surface area contributed by atoms with E-state index in [0.29, 0.717) is 16.7 Å². The van der Waals surface area contributed by atoms with Gasteiger partial charge in [-0.05, 0) is 37.3 Å². The first-order chi connectivity index (χ1) is 8.59. The molecule has 2 nitrogen and oxygen atoms in total. The molecule has 0 amide bonds. The Morgan fingerprint density at radius 2 is 2.06 bits per heavy atom. The van der Waals surface area contributed by atoms with Gasteiger partial charge in [0.05, 0.1) is 5.52 Å². The van der Waals surface area contributed by atoms with Crippen LogP contribution in [0.4, 0.5) is 4.39 Å². The van der Waals surface area contributed by atoms with E-state index in [1.54, 1.807) is 13.0 Å². The Kier molecular flexibility index (Phi) is 2.37. The fourth-order valence-electron chi connectivity index (χ4n) is 2.76. The van der Waals surface area contributed by atoms with Crippen molar-refractivity contribution in [2.75, 3.05) is 0 Å². The van der Waals surface area contributed by atoms with E-state index in [-0.39, 0.29) is 11.4 Å². The van der Waals surface area contributed by atoms with E-state index in [1.807, 2.05) is 6.07 Å². The summed E-state index contributed by atoms with van der Waals surface area (Å²) in [6.07, 6.45) is 2.63. The zero-order valence-electron chi connectivity index (χ0n) is 10.3. The fourth-order valence-corrected chi connectivity index (χ4v) is 2.76. The van der Waals surface area contributed by atoms with Crippen LogP contribution in [0.2, 0.25) is 0 Å². The van der Waals surface area contributed by atoms with E-state index in [4.69, 9.17) is 0 Å². The molecule has 0 fully saturated rings. The second-order valence-corrected chi connectivity index (χ2v) is 4.89. The molecule has 0 unspecified atom stereocenters. The molecule has 18 heavy (non-hydrogen) atoms. The van der Waals surface area contributed by atoms with Crippen LogP contribution in [0, 0.1) is 5.82 Å². The minimum atomic E-state index is -0.369. The zero-order chi connectivity index (χ0) is 12.9. The van der Waals surface area contributed by atoms with Gasteiger partial charge in [0, 0.05) is 16.5 Å². The predicted molar refractivity (Wildman–Crippen MR) is 71.3 cm³/mol. The molecule has 1 N–H and O–H groups in total. The highest BCUT2D eigenvalue weighted by Crippen LogP contribution is 2.30. The normalized spacial score (nSPS) is 13.9. The van der Waals surface area contributed by atoms with E-state index in [0.717, 1.165) is 35.8 Å². The smallest absolute Gasteiger partial charge is 0.251 e. The molecule has 1 aromatic heterocycles. The first kappa shape index (κ1) is 11.2. The zero-order valence-corrected chi connectivity index (χ0v) is 10.3. The number of pyridine rings is 1. The van der Waals surface area contributed by atoms with E-state index in [9.17, 15) is 9.18 Å². The molecule has 0 aliphatic heterocycles. The van der Waals surface area contributed by atoms with Crippen LogP contribution in [-0.4, -0.2) is 4.98 Å². The number of nitrogens with one attached hydrogen (secondary N) is 1. The molecular formula is C15H14FNO. The number of aromatic amines is 1. The van der Waals surface area contributed by atoms with E-state index in [2.05, 4.69) is 11.6 Å². The van der Waals surface area contributed by atoms with Crippen LogP contribution in [0.1, 0.15) is 30.0 Å². The van der Waals surface area contributed by atoms with Crippen LogP contribution in [0.3, 0.4) is 0 Å². The third-order valence-electron chi connectivity index (χ3n) is 3.66. The van der Waals surface area contributed by atoms with Gasteiger partial charge in [-0.25, -0.2) is 4.39 Å². The monoisotopic (exact) mass is 243 g/mol. The summed E-state index contributed by atoms with van der Waals surface area (Å²) in [5.74, 6) is -0.369. The average Bonchev–Trinajstić information content (AvgIpc) is 2.80. The molecule has 1 aromatic carbocycles. The van der Waals surface area contributed by atoms with Gasteiger partial charge in [-0.2, -0.15) is 0 Å². The van der Waals surface area contributed by atoms with Crippen molar-refractivity contribution in [1.29, 1.82) is 0 Å². The van der Waals surface area contributed by atoms with Crippen molar-refractivity contribution >= 4 is 16.5 Å². The highest BCUT2D eigenvalue weighted by molar-refractivity contribution is 5.87. The van der Waals surface area contributed by atoms with Crippen molar-refractivity contribution in [2.24, 2.45) is 0 Å². The van der Waals surface area contributed by atoms with Gasteiger partial charge in [-0.1, -0.05) is 18.7 Å². The summed E-state index contributed by atoms with van der Waals surface area (Å²) in [7, 11) is 0. The topological polar surface area (TPSA) is 32.9 Å². The van der Waals surface area contributed by atoms with Gasteiger partial charge in [0.1, 0.15) is 0 Å². The summed E-state index contributed by atoms with van der Waals surface area (Å²) >= 11 is 0. The molecule has 1 heterocycles. The molecule has 92 valence electrons. The lowest BCUT2D eigenvalue weighted by Gasteiger charge is -2.09. The molecule has 3 heteroatoms. The number of H-pyrrole nitrogens is 1. The van der Waals surface area contributed by atoms with Crippen LogP contribution in [0.5, 0.6) is 0 Å². The maximum absolute atomic E-state index is 14.3. The third-order valence-corrected chi connectivity index (χ3v) is 3.66. The number of hydrogen-bond donors (Lipinski definition) is 1. The molecule has 2 aromatic rings. The highest BCUT2D eigenvalue weighted by atomic mass is 19.1. The number of hydrogen-bond acceptors (Lipinski definition) is 1. The summed E-state index contributed by atoms with van der Waals surface area (Å²) in [5.41, 5.74) is 3.15. The largest absolute Gasteiger partial charge is 0.319 e. The van der Waals surface area contributed by atoms with Gasteiger partial charge in [-0.3, -0.25) is 4.79 Å². The van der Waals surface area contributed by atoms with Crippen LogP contribution < -0.4 is 5.56 Å². The SMILES string of the molecule is C=C(C)c1ccc2c3c(c(=O)[nH]c2c1F)CCC3. The van der Waals surface area contributed by atoms with E-state index in [1.165, 1.54) is 0 Å². The summed E-state index contributed by atoms with van der Waals surface area (Å²) in [6.45, 7) is 5.52. The molecule has 0 spiro atoms. The van der Waals surface area contributed by atoms with Crippen molar-refractivity contribution in [3.05, 3.63) is 51.6 Å². The Morgan fingerprint density at radius 1 is 1.33 bits per heavy atom. The first-order valence-electron chi connectivity index (χ1n) is 6.11. The summed E-state index contributed by atoms with van der Waals surface area (Å²) in [4.78, 5) is 14.6. The Morgan fingerprint density at radius 3 is 2.78 bits per heavy atom. The second kappa shape index (κ2) is 3.80. The number of rotatable bonds is 1. The lowest BCUT2D eigenvalue weighted by molar-refractivity contribution is 0.632. The molecule has 0 radical (unpaired) electrons. The quantitative estimate of drug-likeness (QED) is 0.819. The summed E-state index contributed by atoms with van der Waals surface area (Å²) < 4.78 is 14.3. The number of aromatic nitrogens is 1. The number of aryl methyl sites for hydroxylation is 1. The minimum Gasteiger partial charge on any atom is -0.319 e. The first-order valence-corrected chi connectivity index (χ1v) is 6.11. The molecule has 0 bridgehead atoms. The van der Waals surface area contributed by atoms with Crippen molar-refractivity contribution in [3.8, 4) is 0 Å². The molecule has 1 aliphatic carbocycles. The number of benzene rings is 1. The molecule has 1 aliphatic rings. The number of fused-ring (bicyclic) bond motifs is 3. The van der Waals surface area contributed by atoms with Crippen molar-refractivity contribution in [3.63, 3.8) is 0 Å². The number of allylic oxidation sites excluding steroid dienone is 1.